The maximum atomic E-state index is 14.3. The molecule has 0 bridgehead atoms. The largest absolute Gasteiger partial charge is 0.326 e. The third-order valence-electron chi connectivity index (χ3n) is 3.79. The summed E-state index contributed by atoms with van der Waals surface area (Å²) in [4.78, 5) is 12.2. The van der Waals surface area contributed by atoms with E-state index in [1.54, 1.807) is 24.3 Å². The van der Waals surface area contributed by atoms with Crippen molar-refractivity contribution < 1.29 is 17.6 Å². The Morgan fingerprint density at radius 3 is 2.21 bits per heavy atom. The van der Waals surface area contributed by atoms with Crippen LogP contribution >= 0.6 is 15.9 Å². The molecule has 0 aromatic heterocycles. The highest BCUT2D eigenvalue weighted by molar-refractivity contribution is 9.10. The Morgan fingerprint density at radius 2 is 1.62 bits per heavy atom. The SMILES string of the molecule is CN1c2cc(F)c(NC(=O)c3ccc(Br)cc3)cc2N(C)S1(=O)=O. The lowest BCUT2D eigenvalue weighted by molar-refractivity contribution is 0.102. The average Bonchev–Trinajstić information content (AvgIpc) is 2.70. The summed E-state index contributed by atoms with van der Waals surface area (Å²) in [5.41, 5.74) is 0.789. The fourth-order valence-electron chi connectivity index (χ4n) is 2.38. The van der Waals surface area contributed by atoms with Gasteiger partial charge < -0.3 is 5.32 Å². The Bertz CT molecular complexity index is 932. The molecule has 0 atom stereocenters. The third-order valence-corrected chi connectivity index (χ3v) is 6.10. The summed E-state index contributed by atoms with van der Waals surface area (Å²) >= 11 is 3.27. The number of amides is 1. The van der Waals surface area contributed by atoms with Crippen LogP contribution in [-0.2, 0) is 10.2 Å². The van der Waals surface area contributed by atoms with Crippen LogP contribution in [0.5, 0.6) is 0 Å². The van der Waals surface area contributed by atoms with Gasteiger partial charge in [0, 0.05) is 30.2 Å². The van der Waals surface area contributed by atoms with Crippen molar-refractivity contribution in [3.63, 3.8) is 0 Å². The molecule has 1 aliphatic heterocycles. The van der Waals surface area contributed by atoms with Crippen LogP contribution in [-0.4, -0.2) is 28.4 Å². The number of hydrogen-bond acceptors (Lipinski definition) is 3. The fourth-order valence-corrected chi connectivity index (χ4v) is 3.80. The molecule has 0 saturated heterocycles. The van der Waals surface area contributed by atoms with Gasteiger partial charge in [0.25, 0.3) is 5.91 Å². The molecule has 2 aromatic carbocycles. The molecule has 1 aliphatic rings. The van der Waals surface area contributed by atoms with Gasteiger partial charge in [0.1, 0.15) is 5.82 Å². The van der Waals surface area contributed by atoms with Gasteiger partial charge >= 0.3 is 10.2 Å². The lowest BCUT2D eigenvalue weighted by atomic mass is 10.2. The minimum absolute atomic E-state index is 0.0842. The predicted octanol–water partition coefficient (Wildman–Crippen LogP) is 2.97. The second kappa shape index (κ2) is 5.75. The Kier molecular flexibility index (Phi) is 4.00. The van der Waals surface area contributed by atoms with E-state index in [1.165, 1.54) is 20.2 Å². The van der Waals surface area contributed by atoms with Crippen LogP contribution in [0.4, 0.5) is 21.5 Å². The maximum Gasteiger partial charge on any atom is 0.326 e. The van der Waals surface area contributed by atoms with E-state index in [9.17, 15) is 17.6 Å². The minimum atomic E-state index is -3.70. The lowest BCUT2D eigenvalue weighted by Crippen LogP contribution is -2.32. The number of hydrogen-bond donors (Lipinski definition) is 1. The van der Waals surface area contributed by atoms with Gasteiger partial charge in [-0.1, -0.05) is 15.9 Å². The van der Waals surface area contributed by atoms with Gasteiger partial charge in [0.05, 0.1) is 17.1 Å². The van der Waals surface area contributed by atoms with E-state index < -0.39 is 21.9 Å². The third kappa shape index (κ3) is 2.63. The second-order valence-electron chi connectivity index (χ2n) is 5.22. The molecule has 0 fully saturated rings. The zero-order valence-electron chi connectivity index (χ0n) is 12.7. The number of halogens is 2. The van der Waals surface area contributed by atoms with Crippen molar-refractivity contribution in [1.29, 1.82) is 0 Å². The van der Waals surface area contributed by atoms with E-state index >= 15 is 0 Å². The summed E-state index contributed by atoms with van der Waals surface area (Å²) in [7, 11) is -0.984. The highest BCUT2D eigenvalue weighted by Crippen LogP contribution is 2.41. The zero-order valence-corrected chi connectivity index (χ0v) is 15.1. The van der Waals surface area contributed by atoms with Gasteiger partial charge in [-0.05, 0) is 30.3 Å². The Hall–Kier alpha value is -2.13. The van der Waals surface area contributed by atoms with Crippen molar-refractivity contribution in [1.82, 2.24) is 0 Å². The molecule has 1 heterocycles. The average molecular weight is 414 g/mol. The summed E-state index contributed by atoms with van der Waals surface area (Å²) in [6.45, 7) is 0. The molecule has 9 heteroatoms. The maximum absolute atomic E-state index is 14.3. The van der Waals surface area contributed by atoms with E-state index in [0.717, 1.165) is 19.1 Å². The fraction of sp³-hybridized carbons (Fsp3) is 0.133. The van der Waals surface area contributed by atoms with E-state index in [1.807, 2.05) is 0 Å². The molecule has 6 nitrogen and oxygen atoms in total. The van der Waals surface area contributed by atoms with E-state index in [0.29, 0.717) is 11.3 Å². The van der Waals surface area contributed by atoms with Crippen LogP contribution in [0.3, 0.4) is 0 Å². The standard InChI is InChI=1S/C15H13BrFN3O3S/c1-19-13-7-11(17)12(8-14(13)20(2)24(19,22)23)18-15(21)9-3-5-10(16)6-4-9/h3-8H,1-2H3,(H,18,21). The van der Waals surface area contributed by atoms with Crippen molar-refractivity contribution in [2.75, 3.05) is 28.0 Å². The van der Waals surface area contributed by atoms with Crippen molar-refractivity contribution in [2.24, 2.45) is 0 Å². The van der Waals surface area contributed by atoms with Gasteiger partial charge in [0.15, 0.2) is 0 Å². The zero-order chi connectivity index (χ0) is 17.6. The van der Waals surface area contributed by atoms with Crippen LogP contribution < -0.4 is 13.9 Å². The van der Waals surface area contributed by atoms with Gasteiger partial charge in [-0.3, -0.25) is 13.4 Å². The molecular formula is C15H13BrFN3O3S. The van der Waals surface area contributed by atoms with Gasteiger partial charge in [-0.25, -0.2) is 4.39 Å². The number of rotatable bonds is 2. The van der Waals surface area contributed by atoms with E-state index in [4.69, 9.17) is 0 Å². The highest BCUT2D eigenvalue weighted by atomic mass is 79.9. The van der Waals surface area contributed by atoms with Gasteiger partial charge in [-0.2, -0.15) is 8.42 Å². The molecule has 1 N–H and O–H groups in total. The molecule has 24 heavy (non-hydrogen) atoms. The highest BCUT2D eigenvalue weighted by Gasteiger charge is 2.36. The second-order valence-corrected chi connectivity index (χ2v) is 8.13. The summed E-state index contributed by atoms with van der Waals surface area (Å²) < 4.78 is 41.3. The van der Waals surface area contributed by atoms with Crippen LogP contribution in [0, 0.1) is 5.82 Å². The number of carbonyl (C=O) groups excluding carboxylic acids is 1. The number of carbonyl (C=O) groups is 1. The van der Waals surface area contributed by atoms with Crippen LogP contribution in [0.15, 0.2) is 40.9 Å². The molecule has 0 saturated carbocycles. The Morgan fingerprint density at radius 1 is 1.08 bits per heavy atom. The first-order chi connectivity index (χ1) is 11.2. The van der Waals surface area contributed by atoms with E-state index in [-0.39, 0.29) is 11.4 Å². The molecule has 0 aliphatic carbocycles. The van der Waals surface area contributed by atoms with Crippen LogP contribution in [0.1, 0.15) is 10.4 Å². The van der Waals surface area contributed by atoms with Gasteiger partial charge in [-0.15, -0.1) is 0 Å². The number of benzene rings is 2. The van der Waals surface area contributed by atoms with Gasteiger partial charge in [0.2, 0.25) is 0 Å². The first-order valence-corrected chi connectivity index (χ1v) is 9.04. The summed E-state index contributed by atoms with van der Waals surface area (Å²) in [5, 5.41) is 2.47. The molecule has 0 spiro atoms. The van der Waals surface area contributed by atoms with E-state index in [2.05, 4.69) is 21.2 Å². The van der Waals surface area contributed by atoms with Crippen LogP contribution in [0.2, 0.25) is 0 Å². The van der Waals surface area contributed by atoms with Crippen molar-refractivity contribution in [3.8, 4) is 0 Å². The summed E-state index contributed by atoms with van der Waals surface area (Å²) in [6.07, 6.45) is 0. The molecule has 0 unspecified atom stereocenters. The summed E-state index contributed by atoms with van der Waals surface area (Å²) in [5.74, 6) is -1.20. The van der Waals surface area contributed by atoms with Crippen molar-refractivity contribution in [2.45, 2.75) is 0 Å². The van der Waals surface area contributed by atoms with Crippen molar-refractivity contribution >= 4 is 49.1 Å². The smallest absolute Gasteiger partial charge is 0.319 e. The Labute approximate surface area is 147 Å². The number of anilines is 3. The molecule has 1 amide bonds. The first kappa shape index (κ1) is 16.7. The molecular weight excluding hydrogens is 401 g/mol. The summed E-state index contributed by atoms with van der Waals surface area (Å²) in [6, 6.07) is 8.98. The number of nitrogens with one attached hydrogen (secondary N) is 1. The monoisotopic (exact) mass is 413 g/mol. The molecule has 0 radical (unpaired) electrons. The first-order valence-electron chi connectivity index (χ1n) is 6.85. The topological polar surface area (TPSA) is 69.7 Å². The predicted molar refractivity (Wildman–Crippen MR) is 94.2 cm³/mol. The Balaban J connectivity index is 1.95. The lowest BCUT2D eigenvalue weighted by Gasteiger charge is -2.13. The molecule has 3 rings (SSSR count). The molecule has 126 valence electrons. The minimum Gasteiger partial charge on any atom is -0.319 e. The quantitative estimate of drug-likeness (QED) is 0.822. The molecule has 2 aromatic rings. The normalized spacial score (nSPS) is 15.3. The van der Waals surface area contributed by atoms with Crippen LogP contribution in [0.25, 0.3) is 0 Å². The van der Waals surface area contributed by atoms with Crippen molar-refractivity contribution in [3.05, 3.63) is 52.3 Å². The number of fused-ring (bicyclic) bond motifs is 1. The number of nitrogens with zero attached hydrogens (tertiary/aromatic N) is 2.